The van der Waals surface area contributed by atoms with Gasteiger partial charge < -0.3 is 15.2 Å². The summed E-state index contributed by atoms with van der Waals surface area (Å²) in [4.78, 5) is 15.9. The van der Waals surface area contributed by atoms with E-state index >= 15 is 0 Å². The quantitative estimate of drug-likeness (QED) is 0.810. The molecule has 2 rings (SSSR count). The summed E-state index contributed by atoms with van der Waals surface area (Å²) in [6, 6.07) is 9.74. The number of carbonyl (C=O) groups excluding carboxylic acids is 1. The van der Waals surface area contributed by atoms with E-state index in [4.69, 9.17) is 4.74 Å². The van der Waals surface area contributed by atoms with E-state index in [0.717, 1.165) is 0 Å². The van der Waals surface area contributed by atoms with E-state index in [1.807, 2.05) is 0 Å². The van der Waals surface area contributed by atoms with Gasteiger partial charge >= 0.3 is 0 Å². The molecule has 1 aromatic carbocycles. The molecule has 0 aliphatic carbocycles. The minimum absolute atomic E-state index is 0.00806. The molecule has 0 aliphatic heterocycles. The molecule has 1 amide bonds. The summed E-state index contributed by atoms with van der Waals surface area (Å²) in [7, 11) is 1.44. The average Bonchev–Trinajstić information content (AvgIpc) is 2.41. The highest BCUT2D eigenvalue weighted by molar-refractivity contribution is 6.06. The third kappa shape index (κ3) is 2.40. The zero-order valence-corrected chi connectivity index (χ0v) is 9.75. The summed E-state index contributed by atoms with van der Waals surface area (Å²) in [6.45, 7) is 0. The van der Waals surface area contributed by atoms with Crippen molar-refractivity contribution in [2.24, 2.45) is 0 Å². The number of phenolic OH excluding ortho intramolecular Hbond substituents is 1. The van der Waals surface area contributed by atoms with Gasteiger partial charge in [0.05, 0.1) is 12.8 Å². The van der Waals surface area contributed by atoms with Crippen molar-refractivity contribution in [1.29, 1.82) is 0 Å². The van der Waals surface area contributed by atoms with Crippen molar-refractivity contribution >= 4 is 11.6 Å². The molecular weight excluding hydrogens is 232 g/mol. The van der Waals surface area contributed by atoms with Gasteiger partial charge in [-0.3, -0.25) is 4.79 Å². The molecule has 2 N–H and O–H groups in total. The van der Waals surface area contributed by atoms with Crippen LogP contribution in [0.2, 0.25) is 0 Å². The second kappa shape index (κ2) is 5.18. The number of hydrogen-bond donors (Lipinski definition) is 2. The van der Waals surface area contributed by atoms with Gasteiger partial charge in [0, 0.05) is 6.20 Å². The predicted molar refractivity (Wildman–Crippen MR) is 66.8 cm³/mol. The van der Waals surface area contributed by atoms with Crippen molar-refractivity contribution in [2.45, 2.75) is 0 Å². The molecule has 18 heavy (non-hydrogen) atoms. The molecule has 0 saturated heterocycles. The van der Waals surface area contributed by atoms with Crippen molar-refractivity contribution in [1.82, 2.24) is 4.98 Å². The summed E-state index contributed by atoms with van der Waals surface area (Å²) >= 11 is 0. The first-order valence-electron chi connectivity index (χ1n) is 5.30. The molecule has 5 heteroatoms. The number of aromatic nitrogens is 1. The number of anilines is 1. The fourth-order valence-corrected chi connectivity index (χ4v) is 1.50. The van der Waals surface area contributed by atoms with Crippen LogP contribution in [0.4, 0.5) is 5.69 Å². The van der Waals surface area contributed by atoms with Gasteiger partial charge in [0.2, 0.25) is 5.88 Å². The second-order valence-electron chi connectivity index (χ2n) is 3.53. The lowest BCUT2D eigenvalue weighted by atomic mass is 10.2. The standard InChI is InChI=1S/C13H12N2O3/c1-18-13-9(5-4-8-14-13)12(17)15-10-6-2-3-7-11(10)16/h2-8,16H,1H3,(H,15,17). The summed E-state index contributed by atoms with van der Waals surface area (Å²) in [5, 5.41) is 12.2. The molecule has 0 aliphatic rings. The number of pyridine rings is 1. The highest BCUT2D eigenvalue weighted by Gasteiger charge is 2.13. The molecule has 0 atom stereocenters. The predicted octanol–water partition coefficient (Wildman–Crippen LogP) is 2.05. The maximum Gasteiger partial charge on any atom is 0.261 e. The zero-order valence-electron chi connectivity index (χ0n) is 9.75. The van der Waals surface area contributed by atoms with E-state index in [1.54, 1.807) is 30.3 Å². The third-order valence-electron chi connectivity index (χ3n) is 2.36. The van der Waals surface area contributed by atoms with Gasteiger partial charge in [0.1, 0.15) is 11.3 Å². The molecule has 0 unspecified atom stereocenters. The van der Waals surface area contributed by atoms with Crippen LogP contribution in [0.25, 0.3) is 0 Å². The molecule has 5 nitrogen and oxygen atoms in total. The van der Waals surface area contributed by atoms with E-state index in [2.05, 4.69) is 10.3 Å². The van der Waals surface area contributed by atoms with Crippen molar-refractivity contribution in [3.8, 4) is 11.6 Å². The topological polar surface area (TPSA) is 71.5 Å². The number of phenols is 1. The second-order valence-corrected chi connectivity index (χ2v) is 3.53. The molecule has 1 aromatic heterocycles. The highest BCUT2D eigenvalue weighted by atomic mass is 16.5. The van der Waals surface area contributed by atoms with Gasteiger partial charge in [-0.05, 0) is 24.3 Å². The number of benzene rings is 1. The van der Waals surface area contributed by atoms with E-state index in [1.165, 1.54) is 19.4 Å². The average molecular weight is 244 g/mol. The van der Waals surface area contributed by atoms with E-state index in [0.29, 0.717) is 11.3 Å². The Morgan fingerprint density at radius 1 is 1.28 bits per heavy atom. The van der Waals surface area contributed by atoms with Crippen LogP contribution in [0.5, 0.6) is 11.6 Å². The molecule has 2 aromatic rings. The number of rotatable bonds is 3. The van der Waals surface area contributed by atoms with Crippen molar-refractivity contribution in [3.05, 3.63) is 48.2 Å². The fraction of sp³-hybridized carbons (Fsp3) is 0.0769. The lowest BCUT2D eigenvalue weighted by Crippen LogP contribution is -2.13. The number of aromatic hydroxyl groups is 1. The Balaban J connectivity index is 2.25. The minimum Gasteiger partial charge on any atom is -0.506 e. The van der Waals surface area contributed by atoms with Crippen LogP contribution in [0.1, 0.15) is 10.4 Å². The normalized spacial score (nSPS) is 9.83. The molecule has 92 valence electrons. The van der Waals surface area contributed by atoms with E-state index < -0.39 is 0 Å². The molecule has 0 spiro atoms. The summed E-state index contributed by atoms with van der Waals surface area (Å²) in [5.41, 5.74) is 0.650. The van der Waals surface area contributed by atoms with E-state index in [-0.39, 0.29) is 17.5 Å². The van der Waals surface area contributed by atoms with Gasteiger partial charge in [-0.25, -0.2) is 4.98 Å². The van der Waals surface area contributed by atoms with Crippen LogP contribution in [0, 0.1) is 0 Å². The lowest BCUT2D eigenvalue weighted by Gasteiger charge is -2.09. The summed E-state index contributed by atoms with van der Waals surface area (Å²) in [5.74, 6) is -0.138. The Labute approximate surface area is 104 Å². The SMILES string of the molecule is COc1ncccc1C(=O)Nc1ccccc1O. The van der Waals surface area contributed by atoms with Crippen molar-refractivity contribution in [2.75, 3.05) is 12.4 Å². The first kappa shape index (κ1) is 11.9. The Morgan fingerprint density at radius 2 is 2.06 bits per heavy atom. The lowest BCUT2D eigenvalue weighted by molar-refractivity contribution is 0.102. The molecular formula is C13H12N2O3. The Kier molecular flexibility index (Phi) is 3.43. The monoisotopic (exact) mass is 244 g/mol. The largest absolute Gasteiger partial charge is 0.506 e. The van der Waals surface area contributed by atoms with Gasteiger partial charge in [0.15, 0.2) is 0 Å². The minimum atomic E-state index is -0.388. The van der Waals surface area contributed by atoms with Crippen LogP contribution in [-0.4, -0.2) is 23.1 Å². The number of carbonyl (C=O) groups is 1. The van der Waals surface area contributed by atoms with Gasteiger partial charge in [-0.15, -0.1) is 0 Å². The molecule has 0 bridgehead atoms. The maximum absolute atomic E-state index is 12.0. The van der Waals surface area contributed by atoms with Gasteiger partial charge in [-0.2, -0.15) is 0 Å². The number of ether oxygens (including phenoxy) is 1. The van der Waals surface area contributed by atoms with E-state index in [9.17, 15) is 9.90 Å². The molecule has 0 saturated carbocycles. The Bertz CT molecular complexity index is 570. The molecule has 0 fully saturated rings. The van der Waals surface area contributed by atoms with Crippen molar-refractivity contribution < 1.29 is 14.6 Å². The highest BCUT2D eigenvalue weighted by Crippen LogP contribution is 2.23. The maximum atomic E-state index is 12.0. The Morgan fingerprint density at radius 3 is 2.78 bits per heavy atom. The van der Waals surface area contributed by atoms with Crippen LogP contribution >= 0.6 is 0 Å². The summed E-state index contributed by atoms with van der Waals surface area (Å²) in [6.07, 6.45) is 1.54. The molecule has 0 radical (unpaired) electrons. The third-order valence-corrected chi connectivity index (χ3v) is 2.36. The number of nitrogens with one attached hydrogen (secondary N) is 1. The number of methoxy groups -OCH3 is 1. The number of hydrogen-bond acceptors (Lipinski definition) is 4. The number of amides is 1. The fourth-order valence-electron chi connectivity index (χ4n) is 1.50. The first-order chi connectivity index (χ1) is 8.72. The summed E-state index contributed by atoms with van der Waals surface area (Å²) < 4.78 is 5.00. The van der Waals surface area contributed by atoms with Crippen LogP contribution in [0.15, 0.2) is 42.6 Å². The molecule has 1 heterocycles. The number of nitrogens with zero attached hydrogens (tertiary/aromatic N) is 1. The van der Waals surface area contributed by atoms with Crippen LogP contribution < -0.4 is 10.1 Å². The smallest absolute Gasteiger partial charge is 0.261 e. The van der Waals surface area contributed by atoms with Gasteiger partial charge in [0.25, 0.3) is 5.91 Å². The van der Waals surface area contributed by atoms with Crippen LogP contribution in [-0.2, 0) is 0 Å². The van der Waals surface area contributed by atoms with Gasteiger partial charge in [-0.1, -0.05) is 12.1 Å². The van der Waals surface area contributed by atoms with Crippen LogP contribution in [0.3, 0.4) is 0 Å². The Hall–Kier alpha value is -2.56. The zero-order chi connectivity index (χ0) is 13.0. The van der Waals surface area contributed by atoms with Crippen molar-refractivity contribution in [3.63, 3.8) is 0 Å². The number of para-hydroxylation sites is 2. The first-order valence-corrected chi connectivity index (χ1v) is 5.30.